The number of ether oxygens (including phenoxy) is 1. The molecule has 2 rings (SSSR count). The van der Waals surface area contributed by atoms with Crippen LogP contribution >= 0.6 is 0 Å². The Hall–Kier alpha value is -1.78. The van der Waals surface area contributed by atoms with Crippen LogP contribution in [0.2, 0.25) is 19.6 Å². The smallest absolute Gasteiger partial charge is 0.147 e. The second kappa shape index (κ2) is 7.19. The van der Waals surface area contributed by atoms with Gasteiger partial charge in [-0.2, -0.15) is 0 Å². The lowest BCUT2D eigenvalue weighted by Gasteiger charge is -2.31. The second-order valence-corrected chi connectivity index (χ2v) is 11.5. The molecule has 0 heterocycles. The van der Waals surface area contributed by atoms with Crippen LogP contribution in [-0.2, 0) is 4.74 Å². The number of hydrogen-bond acceptors (Lipinski definition) is 2. The Kier molecular flexibility index (Phi) is 5.49. The van der Waals surface area contributed by atoms with Crippen molar-refractivity contribution in [3.8, 4) is 23.3 Å². The molecule has 0 fully saturated rings. The van der Waals surface area contributed by atoms with E-state index in [1.807, 2.05) is 30.3 Å². The zero-order valence-electron chi connectivity index (χ0n) is 14.3. The third-order valence-electron chi connectivity index (χ3n) is 3.83. The van der Waals surface area contributed by atoms with Crippen molar-refractivity contribution in [3.05, 3.63) is 47.5 Å². The van der Waals surface area contributed by atoms with Crippen LogP contribution in [-0.4, -0.2) is 32.0 Å². The van der Waals surface area contributed by atoms with E-state index in [1.54, 1.807) is 7.11 Å². The van der Waals surface area contributed by atoms with E-state index >= 15 is 0 Å². The highest BCUT2D eigenvalue weighted by molar-refractivity contribution is 6.83. The van der Waals surface area contributed by atoms with Gasteiger partial charge in [0.2, 0.25) is 0 Å². The summed E-state index contributed by atoms with van der Waals surface area (Å²) in [6, 6.07) is 9.84. The predicted molar refractivity (Wildman–Crippen MR) is 97.5 cm³/mol. The summed E-state index contributed by atoms with van der Waals surface area (Å²) in [4.78, 5) is 0. The first-order valence-corrected chi connectivity index (χ1v) is 11.4. The van der Waals surface area contributed by atoms with Gasteiger partial charge in [-0.1, -0.05) is 61.7 Å². The molecule has 0 saturated carbocycles. The molecule has 0 spiro atoms. The number of benzene rings is 1. The van der Waals surface area contributed by atoms with Crippen LogP contribution in [0, 0.1) is 23.3 Å². The molecule has 1 aromatic carbocycles. The van der Waals surface area contributed by atoms with E-state index in [4.69, 9.17) is 4.74 Å². The number of aliphatic hydroxyl groups is 1. The fourth-order valence-electron chi connectivity index (χ4n) is 2.57. The Labute approximate surface area is 140 Å². The Morgan fingerprint density at radius 2 is 1.87 bits per heavy atom. The zero-order valence-corrected chi connectivity index (χ0v) is 15.3. The highest BCUT2D eigenvalue weighted by Crippen LogP contribution is 2.36. The molecule has 0 bridgehead atoms. The molecule has 0 saturated heterocycles. The van der Waals surface area contributed by atoms with Crippen molar-refractivity contribution in [1.29, 1.82) is 0 Å². The second-order valence-electron chi connectivity index (χ2n) is 6.79. The molecule has 120 valence electrons. The van der Waals surface area contributed by atoms with Crippen molar-refractivity contribution < 1.29 is 9.84 Å². The van der Waals surface area contributed by atoms with Crippen molar-refractivity contribution in [1.82, 2.24) is 0 Å². The molecule has 0 amide bonds. The Bertz CT molecular complexity index is 692. The van der Waals surface area contributed by atoms with Crippen molar-refractivity contribution in [2.75, 3.05) is 7.11 Å². The van der Waals surface area contributed by atoms with Crippen LogP contribution in [0.3, 0.4) is 0 Å². The zero-order chi connectivity index (χ0) is 16.9. The van der Waals surface area contributed by atoms with Gasteiger partial charge in [-0.3, -0.25) is 0 Å². The van der Waals surface area contributed by atoms with Crippen molar-refractivity contribution in [2.24, 2.45) is 0 Å². The van der Waals surface area contributed by atoms with E-state index in [1.165, 1.54) is 0 Å². The summed E-state index contributed by atoms with van der Waals surface area (Å²) in [7, 11) is 0.0858. The summed E-state index contributed by atoms with van der Waals surface area (Å²) < 4.78 is 5.72. The number of methoxy groups -OCH3 is 1. The molecule has 0 aliphatic heterocycles. The minimum absolute atomic E-state index is 0.712. The maximum Gasteiger partial charge on any atom is 0.147 e. The van der Waals surface area contributed by atoms with Gasteiger partial charge in [-0.05, 0) is 25.0 Å². The molecular formula is C20H24O2Si. The first-order chi connectivity index (χ1) is 10.9. The first kappa shape index (κ1) is 17.6. The summed E-state index contributed by atoms with van der Waals surface area (Å²) >= 11 is 0. The summed E-state index contributed by atoms with van der Waals surface area (Å²) in [5.41, 5.74) is 4.22. The van der Waals surface area contributed by atoms with Gasteiger partial charge in [0.25, 0.3) is 0 Å². The van der Waals surface area contributed by atoms with Crippen molar-refractivity contribution in [2.45, 2.75) is 44.2 Å². The van der Waals surface area contributed by atoms with E-state index in [-0.39, 0.29) is 0 Å². The van der Waals surface area contributed by atoms with Gasteiger partial charge in [0.1, 0.15) is 19.8 Å². The van der Waals surface area contributed by atoms with Crippen LogP contribution < -0.4 is 0 Å². The predicted octanol–water partition coefficient (Wildman–Crippen LogP) is 3.39. The van der Waals surface area contributed by atoms with Gasteiger partial charge in [0, 0.05) is 18.2 Å². The molecule has 2 nitrogen and oxygen atoms in total. The van der Waals surface area contributed by atoms with E-state index in [9.17, 15) is 5.11 Å². The molecule has 23 heavy (non-hydrogen) atoms. The standard InChI is InChI=1S/C20H24O2Si/c1-22-20(19(21)14-16-23(2,3)4)15-8-11-18(20)13-12-17-9-6-5-7-10-17/h5-7,9-11,19,21H,8,15H2,1-4H3/t19-,20?/m0/s1. The molecule has 1 aliphatic rings. The highest BCUT2D eigenvalue weighted by atomic mass is 28.3. The lowest BCUT2D eigenvalue weighted by molar-refractivity contribution is -0.0482. The van der Waals surface area contributed by atoms with Crippen LogP contribution in [0.15, 0.2) is 42.0 Å². The summed E-state index contributed by atoms with van der Waals surface area (Å²) in [5.74, 6) is 9.36. The van der Waals surface area contributed by atoms with Gasteiger partial charge in [-0.25, -0.2) is 0 Å². The fourth-order valence-corrected chi connectivity index (χ4v) is 3.14. The van der Waals surface area contributed by atoms with Gasteiger partial charge in [-0.15, -0.1) is 5.54 Å². The average Bonchev–Trinajstić information content (AvgIpc) is 2.95. The molecule has 0 radical (unpaired) electrons. The lowest BCUT2D eigenvalue weighted by atomic mass is 9.89. The minimum atomic E-state index is -1.54. The van der Waals surface area contributed by atoms with Crippen molar-refractivity contribution in [3.63, 3.8) is 0 Å². The van der Waals surface area contributed by atoms with Crippen molar-refractivity contribution >= 4 is 8.07 Å². The Balaban J connectivity index is 2.29. The summed E-state index contributed by atoms with van der Waals surface area (Å²) in [5, 5.41) is 10.6. The monoisotopic (exact) mass is 324 g/mol. The number of allylic oxidation sites excluding steroid dienone is 1. The fraction of sp³-hybridized carbons (Fsp3) is 0.400. The average molecular weight is 324 g/mol. The Morgan fingerprint density at radius 1 is 1.17 bits per heavy atom. The van der Waals surface area contributed by atoms with Gasteiger partial charge in [0.05, 0.1) is 0 Å². The third kappa shape index (κ3) is 4.36. The van der Waals surface area contributed by atoms with Gasteiger partial charge >= 0.3 is 0 Å². The third-order valence-corrected chi connectivity index (χ3v) is 4.72. The Morgan fingerprint density at radius 3 is 2.48 bits per heavy atom. The highest BCUT2D eigenvalue weighted by Gasteiger charge is 2.43. The quantitative estimate of drug-likeness (QED) is 0.667. The molecule has 1 unspecified atom stereocenters. The van der Waals surface area contributed by atoms with E-state index in [2.05, 4.69) is 49.0 Å². The molecular weight excluding hydrogens is 300 g/mol. The number of hydrogen-bond donors (Lipinski definition) is 1. The lowest BCUT2D eigenvalue weighted by Crippen LogP contribution is -2.43. The van der Waals surface area contributed by atoms with E-state index in [0.29, 0.717) is 6.42 Å². The van der Waals surface area contributed by atoms with E-state index in [0.717, 1.165) is 17.6 Å². The largest absolute Gasteiger partial charge is 0.377 e. The molecule has 0 aromatic heterocycles. The summed E-state index contributed by atoms with van der Waals surface area (Å²) in [6.45, 7) is 6.48. The number of aliphatic hydroxyl groups excluding tert-OH is 1. The molecule has 1 N–H and O–H groups in total. The van der Waals surface area contributed by atoms with Gasteiger partial charge < -0.3 is 9.84 Å². The molecule has 2 atom stereocenters. The molecule has 1 aromatic rings. The minimum Gasteiger partial charge on any atom is -0.377 e. The maximum atomic E-state index is 10.6. The maximum absolute atomic E-state index is 10.6. The normalized spacial score (nSPS) is 21.5. The number of rotatable bonds is 2. The first-order valence-electron chi connectivity index (χ1n) is 7.91. The van der Waals surface area contributed by atoms with Crippen LogP contribution in [0.4, 0.5) is 0 Å². The van der Waals surface area contributed by atoms with Crippen LogP contribution in [0.5, 0.6) is 0 Å². The summed E-state index contributed by atoms with van der Waals surface area (Å²) in [6.07, 6.45) is 2.76. The van der Waals surface area contributed by atoms with E-state index < -0.39 is 19.8 Å². The SMILES string of the molecule is COC1([C@@H](O)C#C[Si](C)(C)C)CCC=C1C#Cc1ccccc1. The molecule has 1 aliphatic carbocycles. The van der Waals surface area contributed by atoms with Crippen LogP contribution in [0.1, 0.15) is 18.4 Å². The topological polar surface area (TPSA) is 29.5 Å². The van der Waals surface area contributed by atoms with Gasteiger partial charge in [0.15, 0.2) is 0 Å². The molecule has 3 heteroatoms. The van der Waals surface area contributed by atoms with Crippen LogP contribution in [0.25, 0.3) is 0 Å².